The van der Waals surface area contributed by atoms with E-state index in [9.17, 15) is 4.79 Å². The number of benzene rings is 1. The predicted octanol–water partition coefficient (Wildman–Crippen LogP) is 3.14. The summed E-state index contributed by atoms with van der Waals surface area (Å²) in [5.74, 6) is 0. The molecule has 0 radical (unpaired) electrons. The molecule has 1 heterocycles. The molecule has 3 nitrogen and oxygen atoms in total. The van der Waals surface area contributed by atoms with Crippen LogP contribution >= 0.6 is 0 Å². The van der Waals surface area contributed by atoms with Crippen LogP contribution < -0.4 is 4.90 Å². The smallest absolute Gasteiger partial charge is 0.166 e. The van der Waals surface area contributed by atoms with E-state index in [1.54, 1.807) is 0 Å². The number of rotatable bonds is 4. The van der Waals surface area contributed by atoms with Gasteiger partial charge in [0.25, 0.3) is 0 Å². The van der Waals surface area contributed by atoms with Crippen LogP contribution in [0.3, 0.4) is 0 Å². The van der Waals surface area contributed by atoms with Crippen LogP contribution in [0.15, 0.2) is 18.2 Å². The van der Waals surface area contributed by atoms with Crippen LogP contribution in [0, 0.1) is 6.92 Å². The molecular weight excluding hydrogens is 212 g/mol. The fourth-order valence-electron chi connectivity index (χ4n) is 2.26. The number of carbonyl (C=O) groups is 1. The molecule has 2 aromatic rings. The van der Waals surface area contributed by atoms with E-state index in [1.807, 2.05) is 6.07 Å². The monoisotopic (exact) mass is 230 g/mol. The minimum absolute atomic E-state index is 0.639. The molecule has 3 heteroatoms. The highest BCUT2D eigenvalue weighted by molar-refractivity contribution is 5.92. The molecule has 90 valence electrons. The molecule has 0 saturated carbocycles. The highest BCUT2D eigenvalue weighted by Gasteiger charge is 2.08. The zero-order valence-corrected chi connectivity index (χ0v) is 10.6. The topological polar surface area (TPSA) is 36.1 Å². The fraction of sp³-hybridized carbons (Fsp3) is 0.357. The van der Waals surface area contributed by atoms with Crippen molar-refractivity contribution >= 4 is 22.9 Å². The van der Waals surface area contributed by atoms with Crippen molar-refractivity contribution in [2.75, 3.05) is 18.0 Å². The molecule has 0 aliphatic carbocycles. The molecule has 1 aromatic carbocycles. The molecule has 0 unspecified atom stereocenters. The van der Waals surface area contributed by atoms with Gasteiger partial charge < -0.3 is 9.88 Å². The summed E-state index contributed by atoms with van der Waals surface area (Å²) >= 11 is 0. The molecule has 17 heavy (non-hydrogen) atoms. The lowest BCUT2D eigenvalue weighted by Gasteiger charge is -2.21. The van der Waals surface area contributed by atoms with Gasteiger partial charge >= 0.3 is 0 Å². The number of aromatic nitrogens is 1. The fourth-order valence-corrected chi connectivity index (χ4v) is 2.26. The third-order valence-electron chi connectivity index (χ3n) is 3.19. The van der Waals surface area contributed by atoms with Gasteiger partial charge in [0.2, 0.25) is 0 Å². The normalized spacial score (nSPS) is 10.8. The number of fused-ring (bicyclic) bond motifs is 1. The van der Waals surface area contributed by atoms with E-state index in [0.29, 0.717) is 5.69 Å². The number of anilines is 1. The quantitative estimate of drug-likeness (QED) is 0.819. The van der Waals surface area contributed by atoms with E-state index in [-0.39, 0.29) is 0 Å². The summed E-state index contributed by atoms with van der Waals surface area (Å²) in [5, 5.41) is 1.11. The SMILES string of the molecule is CCN(CC)c1cc(C)c2[nH]c(C=O)cc2c1. The lowest BCUT2D eigenvalue weighted by Crippen LogP contribution is -2.21. The summed E-state index contributed by atoms with van der Waals surface area (Å²) in [7, 11) is 0. The van der Waals surface area contributed by atoms with Crippen molar-refractivity contribution in [2.45, 2.75) is 20.8 Å². The van der Waals surface area contributed by atoms with Crippen LogP contribution in [0.1, 0.15) is 29.9 Å². The van der Waals surface area contributed by atoms with Gasteiger partial charge in [-0.05, 0) is 44.5 Å². The van der Waals surface area contributed by atoms with E-state index < -0.39 is 0 Å². The van der Waals surface area contributed by atoms with Crippen LogP contribution in [0.2, 0.25) is 0 Å². The van der Waals surface area contributed by atoms with Crippen LogP contribution in [-0.2, 0) is 0 Å². The van der Waals surface area contributed by atoms with Gasteiger partial charge in [0.1, 0.15) is 0 Å². The Balaban J connectivity index is 2.57. The first-order valence-electron chi connectivity index (χ1n) is 6.03. The second-order valence-electron chi connectivity index (χ2n) is 4.24. The lowest BCUT2D eigenvalue weighted by atomic mass is 10.1. The molecule has 0 aliphatic heterocycles. The summed E-state index contributed by atoms with van der Waals surface area (Å²) < 4.78 is 0. The Hall–Kier alpha value is -1.77. The van der Waals surface area contributed by atoms with Crippen molar-refractivity contribution in [1.29, 1.82) is 0 Å². The maximum Gasteiger partial charge on any atom is 0.166 e. The Morgan fingerprint density at radius 2 is 1.94 bits per heavy atom. The Bertz CT molecular complexity index is 538. The van der Waals surface area contributed by atoms with Crippen molar-refractivity contribution in [1.82, 2.24) is 4.98 Å². The minimum Gasteiger partial charge on any atom is -0.372 e. The van der Waals surface area contributed by atoms with Crippen molar-refractivity contribution < 1.29 is 4.79 Å². The highest BCUT2D eigenvalue weighted by atomic mass is 16.1. The summed E-state index contributed by atoms with van der Waals surface area (Å²) in [6.45, 7) is 8.35. The third-order valence-corrected chi connectivity index (χ3v) is 3.19. The zero-order chi connectivity index (χ0) is 12.4. The van der Waals surface area contributed by atoms with Crippen molar-refractivity contribution in [3.63, 3.8) is 0 Å². The summed E-state index contributed by atoms with van der Waals surface area (Å²) in [6.07, 6.45) is 0.858. The first kappa shape index (κ1) is 11.7. The Labute approximate surface area is 101 Å². The molecule has 2 rings (SSSR count). The van der Waals surface area contributed by atoms with Gasteiger partial charge in [0.15, 0.2) is 6.29 Å². The maximum atomic E-state index is 10.8. The molecule has 0 saturated heterocycles. The average Bonchev–Trinajstić information content (AvgIpc) is 2.74. The van der Waals surface area contributed by atoms with Gasteiger partial charge in [0.05, 0.1) is 5.69 Å². The molecular formula is C14H18N2O. The Morgan fingerprint density at radius 1 is 1.24 bits per heavy atom. The maximum absolute atomic E-state index is 10.8. The Kier molecular flexibility index (Phi) is 3.18. The molecule has 0 fully saturated rings. The van der Waals surface area contributed by atoms with Gasteiger partial charge in [-0.15, -0.1) is 0 Å². The summed E-state index contributed by atoms with van der Waals surface area (Å²) in [6, 6.07) is 6.21. The zero-order valence-electron chi connectivity index (χ0n) is 10.6. The molecule has 1 N–H and O–H groups in total. The van der Waals surface area contributed by atoms with E-state index in [2.05, 4.69) is 42.8 Å². The van der Waals surface area contributed by atoms with Gasteiger partial charge in [-0.25, -0.2) is 0 Å². The van der Waals surface area contributed by atoms with Gasteiger partial charge in [0, 0.05) is 29.7 Å². The number of aldehydes is 1. The predicted molar refractivity (Wildman–Crippen MR) is 72.0 cm³/mol. The summed E-state index contributed by atoms with van der Waals surface area (Å²) in [5.41, 5.74) is 4.09. The first-order chi connectivity index (χ1) is 8.19. The minimum atomic E-state index is 0.639. The van der Waals surface area contributed by atoms with Crippen LogP contribution in [0.25, 0.3) is 10.9 Å². The second kappa shape index (κ2) is 4.62. The van der Waals surface area contributed by atoms with Crippen LogP contribution in [-0.4, -0.2) is 24.4 Å². The van der Waals surface area contributed by atoms with Crippen molar-refractivity contribution in [3.05, 3.63) is 29.5 Å². The molecule has 0 bridgehead atoms. The van der Waals surface area contributed by atoms with E-state index >= 15 is 0 Å². The molecule has 1 aromatic heterocycles. The molecule has 0 atom stereocenters. The number of hydrogen-bond donors (Lipinski definition) is 1. The van der Waals surface area contributed by atoms with E-state index in [1.165, 1.54) is 11.3 Å². The lowest BCUT2D eigenvalue weighted by molar-refractivity contribution is 0.112. The van der Waals surface area contributed by atoms with Crippen molar-refractivity contribution in [2.24, 2.45) is 0 Å². The van der Waals surface area contributed by atoms with E-state index in [0.717, 1.165) is 30.3 Å². The van der Waals surface area contributed by atoms with Gasteiger partial charge in [-0.3, -0.25) is 4.79 Å². The van der Waals surface area contributed by atoms with E-state index in [4.69, 9.17) is 0 Å². The standard InChI is InChI=1S/C14H18N2O/c1-4-16(5-2)13-6-10(3)14-11(8-13)7-12(9-17)15-14/h6-9,15H,4-5H2,1-3H3. The second-order valence-corrected chi connectivity index (χ2v) is 4.24. The van der Waals surface area contributed by atoms with Crippen LogP contribution in [0.5, 0.6) is 0 Å². The molecule has 0 amide bonds. The Morgan fingerprint density at radius 3 is 2.53 bits per heavy atom. The number of aryl methyl sites for hydroxylation is 1. The molecule has 0 spiro atoms. The number of aromatic amines is 1. The molecule has 0 aliphatic rings. The number of hydrogen-bond acceptors (Lipinski definition) is 2. The number of nitrogens with one attached hydrogen (secondary N) is 1. The average molecular weight is 230 g/mol. The number of carbonyl (C=O) groups excluding carboxylic acids is 1. The van der Waals surface area contributed by atoms with Crippen LogP contribution in [0.4, 0.5) is 5.69 Å². The van der Waals surface area contributed by atoms with Gasteiger partial charge in [-0.1, -0.05) is 0 Å². The summed E-state index contributed by atoms with van der Waals surface area (Å²) in [4.78, 5) is 16.2. The number of nitrogens with zero attached hydrogens (tertiary/aromatic N) is 1. The third kappa shape index (κ3) is 2.05. The van der Waals surface area contributed by atoms with Gasteiger partial charge in [-0.2, -0.15) is 0 Å². The first-order valence-corrected chi connectivity index (χ1v) is 6.03. The highest BCUT2D eigenvalue weighted by Crippen LogP contribution is 2.26. The number of H-pyrrole nitrogens is 1. The largest absolute Gasteiger partial charge is 0.372 e. The van der Waals surface area contributed by atoms with Crippen molar-refractivity contribution in [3.8, 4) is 0 Å².